The molecule has 7 nitrogen and oxygen atoms in total. The smallest absolute Gasteiger partial charge is 0.161 e. The van der Waals surface area contributed by atoms with Gasteiger partial charge in [0.2, 0.25) is 0 Å². The van der Waals surface area contributed by atoms with E-state index in [2.05, 4.69) is 23.2 Å². The van der Waals surface area contributed by atoms with Crippen molar-refractivity contribution >= 4 is 6.21 Å². The number of nitrogens with zero attached hydrogens (tertiary/aromatic N) is 4. The van der Waals surface area contributed by atoms with E-state index in [1.54, 1.807) is 19.5 Å². The lowest BCUT2D eigenvalue weighted by molar-refractivity contribution is 0.280. The first kappa shape index (κ1) is 19.4. The average Bonchev–Trinajstić information content (AvgIpc) is 2.65. The van der Waals surface area contributed by atoms with Crippen LogP contribution in [-0.2, 0) is 6.61 Å². The first-order valence-corrected chi connectivity index (χ1v) is 6.29. The van der Waals surface area contributed by atoms with Crippen LogP contribution in [0.15, 0.2) is 47.7 Å². The van der Waals surface area contributed by atoms with Crippen LogP contribution in [0.3, 0.4) is 0 Å². The van der Waals surface area contributed by atoms with Gasteiger partial charge in [0.05, 0.1) is 19.0 Å². The van der Waals surface area contributed by atoms with Crippen molar-refractivity contribution in [3.05, 3.63) is 53.9 Å². The predicted octanol–water partition coefficient (Wildman–Crippen LogP) is 2.24. The Kier molecular flexibility index (Phi) is 10.3. The zero-order valence-corrected chi connectivity index (χ0v) is 12.7. The fourth-order valence-electron chi connectivity index (χ4n) is 1.60. The van der Waals surface area contributed by atoms with Gasteiger partial charge in [0, 0.05) is 19.3 Å². The van der Waals surface area contributed by atoms with Crippen molar-refractivity contribution in [2.45, 2.75) is 6.61 Å². The van der Waals surface area contributed by atoms with Gasteiger partial charge in [0.25, 0.3) is 0 Å². The number of methoxy groups -OCH3 is 1. The second kappa shape index (κ2) is 12.2. The van der Waals surface area contributed by atoms with Crippen molar-refractivity contribution < 1.29 is 9.47 Å². The maximum atomic E-state index is 6.50. The van der Waals surface area contributed by atoms with Gasteiger partial charge in [-0.2, -0.15) is 5.10 Å². The normalized spacial score (nSPS) is 8.91. The van der Waals surface area contributed by atoms with E-state index in [0.717, 1.165) is 11.3 Å². The number of hydrogen-bond acceptors (Lipinski definition) is 7. The number of rotatable bonds is 5. The minimum atomic E-state index is 0.390. The highest BCUT2D eigenvalue weighted by Gasteiger charge is 2.05. The number of nitrogens with two attached hydrogens (primary N) is 1. The third kappa shape index (κ3) is 6.61. The number of benzene rings is 1. The van der Waals surface area contributed by atoms with Crippen molar-refractivity contribution in [1.82, 2.24) is 4.98 Å². The molecule has 0 aliphatic heterocycles. The molecule has 0 saturated carbocycles. The third-order valence-corrected chi connectivity index (χ3v) is 2.51. The van der Waals surface area contributed by atoms with Crippen molar-refractivity contribution in [1.29, 1.82) is 10.5 Å². The minimum absolute atomic E-state index is 0.390. The molecule has 0 atom stereocenters. The van der Waals surface area contributed by atoms with Crippen molar-refractivity contribution in [2.24, 2.45) is 10.9 Å². The third-order valence-electron chi connectivity index (χ3n) is 2.51. The standard InChI is InChI=1S/C14H15N3O2.2CHN/c1-18-14-8-11(9-17-15)5-6-13(14)19-10-12-4-2-3-7-16-12;2*1-2/h2-9H,10,15H2,1H3;2*1H. The summed E-state index contributed by atoms with van der Waals surface area (Å²) in [4.78, 5) is 4.19. The first-order valence-electron chi connectivity index (χ1n) is 6.29. The number of aromatic nitrogens is 1. The summed E-state index contributed by atoms with van der Waals surface area (Å²) in [7, 11) is 1.59. The lowest BCUT2D eigenvalue weighted by Gasteiger charge is -2.10. The van der Waals surface area contributed by atoms with Gasteiger partial charge < -0.3 is 15.3 Å². The molecule has 0 bridgehead atoms. The van der Waals surface area contributed by atoms with Gasteiger partial charge in [0.15, 0.2) is 11.5 Å². The van der Waals surface area contributed by atoms with Crippen LogP contribution < -0.4 is 15.3 Å². The molecule has 0 spiro atoms. The topological polar surface area (TPSA) is 117 Å². The summed E-state index contributed by atoms with van der Waals surface area (Å²) in [5, 5.41) is 16.5. The lowest BCUT2D eigenvalue weighted by Crippen LogP contribution is -2.00. The van der Waals surface area contributed by atoms with E-state index < -0.39 is 0 Å². The highest BCUT2D eigenvalue weighted by atomic mass is 16.5. The highest BCUT2D eigenvalue weighted by Crippen LogP contribution is 2.28. The predicted molar refractivity (Wildman–Crippen MR) is 86.7 cm³/mol. The zero-order chi connectivity index (χ0) is 17.5. The number of hydrogen-bond donors (Lipinski definition) is 1. The molecular formula is C16H17N5O2. The van der Waals surface area contributed by atoms with Crippen LogP contribution in [0.25, 0.3) is 0 Å². The van der Waals surface area contributed by atoms with E-state index in [4.69, 9.17) is 25.8 Å². The van der Waals surface area contributed by atoms with E-state index in [9.17, 15) is 0 Å². The SMILES string of the molecule is C#N.C#N.COc1cc(C=NN)ccc1OCc1ccccn1. The Morgan fingerprint density at radius 2 is 1.91 bits per heavy atom. The summed E-state index contributed by atoms with van der Waals surface area (Å²) in [5.74, 6) is 6.40. The van der Waals surface area contributed by atoms with Gasteiger partial charge in [-0.1, -0.05) is 6.07 Å². The van der Waals surface area contributed by atoms with Crippen LogP contribution in [-0.4, -0.2) is 18.3 Å². The van der Waals surface area contributed by atoms with Crippen LogP contribution in [0, 0.1) is 23.7 Å². The Balaban J connectivity index is 0.00000112. The van der Waals surface area contributed by atoms with Crippen LogP contribution >= 0.6 is 0 Å². The molecule has 0 aliphatic rings. The Bertz CT molecular complexity index is 633. The second-order valence-electron chi connectivity index (χ2n) is 3.80. The van der Waals surface area contributed by atoms with Crippen molar-refractivity contribution in [3.63, 3.8) is 0 Å². The molecule has 0 aliphatic carbocycles. The van der Waals surface area contributed by atoms with Gasteiger partial charge in [-0.25, -0.2) is 10.5 Å². The van der Waals surface area contributed by atoms with E-state index in [0.29, 0.717) is 18.1 Å². The van der Waals surface area contributed by atoms with Gasteiger partial charge in [-0.3, -0.25) is 4.98 Å². The number of nitriles is 2. The molecule has 2 N–H and O–H groups in total. The summed E-state index contributed by atoms with van der Waals surface area (Å²) in [6.07, 6.45) is 3.28. The number of hydrazone groups is 1. The summed E-state index contributed by atoms with van der Waals surface area (Å²) in [6.45, 7) is 7.39. The molecule has 118 valence electrons. The Labute approximate surface area is 135 Å². The minimum Gasteiger partial charge on any atom is -0.493 e. The highest BCUT2D eigenvalue weighted by molar-refractivity contribution is 5.80. The molecule has 0 saturated heterocycles. The number of pyridine rings is 1. The van der Waals surface area contributed by atoms with Crippen molar-refractivity contribution in [2.75, 3.05) is 7.11 Å². The summed E-state index contributed by atoms with van der Waals surface area (Å²) in [6, 6.07) is 11.2. The largest absolute Gasteiger partial charge is 0.493 e. The van der Waals surface area contributed by atoms with E-state index in [-0.39, 0.29) is 0 Å². The van der Waals surface area contributed by atoms with Gasteiger partial charge >= 0.3 is 0 Å². The Morgan fingerprint density at radius 3 is 2.48 bits per heavy atom. The van der Waals surface area contributed by atoms with Crippen LogP contribution in [0.1, 0.15) is 11.3 Å². The monoisotopic (exact) mass is 311 g/mol. The average molecular weight is 311 g/mol. The molecule has 0 amide bonds. The molecule has 1 aromatic heterocycles. The molecule has 2 rings (SSSR count). The van der Waals surface area contributed by atoms with E-state index >= 15 is 0 Å². The van der Waals surface area contributed by atoms with E-state index in [1.165, 1.54) is 0 Å². The summed E-state index contributed by atoms with van der Waals surface area (Å²) < 4.78 is 11.0. The second-order valence-corrected chi connectivity index (χ2v) is 3.80. The fraction of sp³-hybridized carbons (Fsp3) is 0.125. The maximum Gasteiger partial charge on any atom is 0.161 e. The molecule has 1 heterocycles. The maximum absolute atomic E-state index is 6.50. The summed E-state index contributed by atoms with van der Waals surface area (Å²) in [5.41, 5.74) is 1.71. The summed E-state index contributed by atoms with van der Waals surface area (Å²) >= 11 is 0. The van der Waals surface area contributed by atoms with Crippen LogP contribution in [0.5, 0.6) is 11.5 Å². The molecule has 0 radical (unpaired) electrons. The van der Waals surface area contributed by atoms with Gasteiger partial charge in [-0.15, -0.1) is 0 Å². The van der Waals surface area contributed by atoms with Crippen LogP contribution in [0.4, 0.5) is 0 Å². The molecule has 0 fully saturated rings. The quantitative estimate of drug-likeness (QED) is 0.514. The van der Waals surface area contributed by atoms with Crippen molar-refractivity contribution in [3.8, 4) is 24.6 Å². The Hall–Kier alpha value is -3.58. The Morgan fingerprint density at radius 1 is 1.17 bits per heavy atom. The first-order chi connectivity index (χ1) is 11.3. The molecule has 2 aromatic rings. The molecule has 7 heteroatoms. The van der Waals surface area contributed by atoms with Gasteiger partial charge in [0.1, 0.15) is 6.61 Å². The van der Waals surface area contributed by atoms with Gasteiger partial charge in [-0.05, 0) is 35.9 Å². The molecule has 23 heavy (non-hydrogen) atoms. The van der Waals surface area contributed by atoms with Crippen LogP contribution in [0.2, 0.25) is 0 Å². The lowest BCUT2D eigenvalue weighted by atomic mass is 10.2. The zero-order valence-electron chi connectivity index (χ0n) is 12.7. The van der Waals surface area contributed by atoms with E-state index in [1.807, 2.05) is 36.4 Å². The molecule has 0 unspecified atom stereocenters. The molecule has 1 aromatic carbocycles. The number of ether oxygens (including phenoxy) is 2. The fourth-order valence-corrected chi connectivity index (χ4v) is 1.60. The molecular weight excluding hydrogens is 294 g/mol.